The molecule has 6 heteroatoms. The molecule has 2 aromatic carbocycles. The highest BCUT2D eigenvalue weighted by Crippen LogP contribution is 2.20. The Morgan fingerprint density at radius 1 is 0.966 bits per heavy atom. The molecule has 6 nitrogen and oxygen atoms in total. The van der Waals surface area contributed by atoms with E-state index < -0.39 is 0 Å². The predicted octanol–water partition coefficient (Wildman–Crippen LogP) is 3.99. The number of hydrogen-bond acceptors (Lipinski definition) is 5. The van der Waals surface area contributed by atoms with Crippen molar-refractivity contribution in [2.75, 3.05) is 31.7 Å². The molecule has 0 saturated carbocycles. The number of hydrazone groups is 1. The van der Waals surface area contributed by atoms with E-state index in [0.717, 1.165) is 30.1 Å². The number of rotatable bonds is 7. The Morgan fingerprint density at radius 2 is 1.59 bits per heavy atom. The minimum Gasteiger partial charge on any atom is -0.497 e. The maximum absolute atomic E-state index is 12.0. The van der Waals surface area contributed by atoms with Crippen LogP contribution in [0.3, 0.4) is 0 Å². The average Bonchev–Trinajstić information content (AvgIpc) is 3.06. The topological polar surface area (TPSA) is 63.2 Å². The van der Waals surface area contributed by atoms with Gasteiger partial charge in [0, 0.05) is 18.8 Å². The molecule has 1 amide bonds. The lowest BCUT2D eigenvalue weighted by Gasteiger charge is -2.22. The zero-order chi connectivity index (χ0) is 20.5. The van der Waals surface area contributed by atoms with Gasteiger partial charge in [0.05, 0.1) is 12.8 Å². The fourth-order valence-electron chi connectivity index (χ4n) is 3.31. The number of anilines is 1. The first-order valence-corrected chi connectivity index (χ1v) is 10.1. The molecule has 0 aromatic heterocycles. The number of benzene rings is 2. The van der Waals surface area contributed by atoms with Crippen LogP contribution in [0.5, 0.6) is 11.5 Å². The SMILES string of the molecule is COc1ccc(OCC(=O)N/N=C(/C)c2ccc(N3CCCCCC3)cc2)cc1. The summed E-state index contributed by atoms with van der Waals surface area (Å²) in [6, 6.07) is 15.5. The minimum absolute atomic E-state index is 0.100. The Kier molecular flexibility index (Phi) is 7.50. The molecule has 0 radical (unpaired) electrons. The van der Waals surface area contributed by atoms with Gasteiger partial charge in [-0.25, -0.2) is 5.43 Å². The van der Waals surface area contributed by atoms with Gasteiger partial charge in [0.25, 0.3) is 5.91 Å². The van der Waals surface area contributed by atoms with Gasteiger partial charge in [0.2, 0.25) is 0 Å². The molecule has 1 heterocycles. The van der Waals surface area contributed by atoms with Crippen LogP contribution in [-0.2, 0) is 4.79 Å². The summed E-state index contributed by atoms with van der Waals surface area (Å²) in [4.78, 5) is 14.4. The molecule has 1 saturated heterocycles. The van der Waals surface area contributed by atoms with Crippen LogP contribution in [0.15, 0.2) is 53.6 Å². The zero-order valence-corrected chi connectivity index (χ0v) is 17.2. The van der Waals surface area contributed by atoms with Gasteiger partial charge >= 0.3 is 0 Å². The largest absolute Gasteiger partial charge is 0.497 e. The summed E-state index contributed by atoms with van der Waals surface area (Å²) in [7, 11) is 1.60. The van der Waals surface area contributed by atoms with Crippen molar-refractivity contribution in [1.29, 1.82) is 0 Å². The van der Waals surface area contributed by atoms with Crippen molar-refractivity contribution in [2.45, 2.75) is 32.6 Å². The Labute approximate surface area is 172 Å². The Morgan fingerprint density at radius 3 is 2.21 bits per heavy atom. The van der Waals surface area contributed by atoms with Crippen LogP contribution in [0.2, 0.25) is 0 Å². The summed E-state index contributed by atoms with van der Waals surface area (Å²) in [6.07, 6.45) is 5.16. The van der Waals surface area contributed by atoms with Gasteiger partial charge in [-0.2, -0.15) is 5.10 Å². The molecule has 0 bridgehead atoms. The van der Waals surface area contributed by atoms with Crippen molar-refractivity contribution >= 4 is 17.3 Å². The summed E-state index contributed by atoms with van der Waals surface area (Å²) in [5, 5.41) is 4.19. The first kappa shape index (κ1) is 20.7. The van der Waals surface area contributed by atoms with Crippen molar-refractivity contribution in [3.8, 4) is 11.5 Å². The van der Waals surface area contributed by atoms with E-state index in [1.54, 1.807) is 31.4 Å². The highest BCUT2D eigenvalue weighted by molar-refractivity contribution is 5.99. The molecule has 1 aliphatic heterocycles. The molecule has 0 spiro atoms. The Balaban J connectivity index is 1.49. The molecule has 0 atom stereocenters. The maximum atomic E-state index is 12.0. The van der Waals surface area contributed by atoms with E-state index in [9.17, 15) is 4.79 Å². The Hall–Kier alpha value is -3.02. The molecule has 0 unspecified atom stereocenters. The molecule has 1 aliphatic rings. The van der Waals surface area contributed by atoms with E-state index in [4.69, 9.17) is 9.47 Å². The highest BCUT2D eigenvalue weighted by atomic mass is 16.5. The number of hydrogen-bond donors (Lipinski definition) is 1. The van der Waals surface area contributed by atoms with Gasteiger partial charge in [-0.05, 0) is 61.7 Å². The number of carbonyl (C=O) groups excluding carboxylic acids is 1. The lowest BCUT2D eigenvalue weighted by atomic mass is 10.1. The molecule has 3 rings (SSSR count). The molecule has 0 aliphatic carbocycles. The monoisotopic (exact) mass is 395 g/mol. The Bertz CT molecular complexity index is 808. The van der Waals surface area contributed by atoms with Crippen molar-refractivity contribution in [2.24, 2.45) is 5.10 Å². The fourth-order valence-corrected chi connectivity index (χ4v) is 3.31. The lowest BCUT2D eigenvalue weighted by molar-refractivity contribution is -0.123. The number of ether oxygens (including phenoxy) is 2. The van der Waals surface area contributed by atoms with Crippen LogP contribution in [0, 0.1) is 0 Å². The van der Waals surface area contributed by atoms with Crippen LogP contribution in [0.4, 0.5) is 5.69 Å². The summed E-state index contributed by atoms with van der Waals surface area (Å²) in [6.45, 7) is 4.02. The van der Waals surface area contributed by atoms with Gasteiger partial charge in [-0.1, -0.05) is 25.0 Å². The van der Waals surface area contributed by atoms with Crippen molar-refractivity contribution in [1.82, 2.24) is 5.43 Å². The molecule has 1 fully saturated rings. The van der Waals surface area contributed by atoms with Crippen LogP contribution < -0.4 is 19.8 Å². The van der Waals surface area contributed by atoms with Crippen molar-refractivity contribution < 1.29 is 14.3 Å². The van der Waals surface area contributed by atoms with E-state index in [-0.39, 0.29) is 12.5 Å². The second kappa shape index (κ2) is 10.5. The lowest BCUT2D eigenvalue weighted by Crippen LogP contribution is -2.25. The minimum atomic E-state index is -0.304. The van der Waals surface area contributed by atoms with Crippen LogP contribution in [0.25, 0.3) is 0 Å². The number of nitrogens with zero attached hydrogens (tertiary/aromatic N) is 2. The van der Waals surface area contributed by atoms with E-state index in [0.29, 0.717) is 5.75 Å². The van der Waals surface area contributed by atoms with Gasteiger partial charge < -0.3 is 14.4 Å². The number of amides is 1. The second-order valence-corrected chi connectivity index (χ2v) is 7.14. The van der Waals surface area contributed by atoms with Crippen LogP contribution in [0.1, 0.15) is 38.2 Å². The third-order valence-corrected chi connectivity index (χ3v) is 5.03. The van der Waals surface area contributed by atoms with Crippen LogP contribution >= 0.6 is 0 Å². The highest BCUT2D eigenvalue weighted by Gasteiger charge is 2.10. The average molecular weight is 396 g/mol. The second-order valence-electron chi connectivity index (χ2n) is 7.14. The van der Waals surface area contributed by atoms with Crippen molar-refractivity contribution in [3.63, 3.8) is 0 Å². The molecular weight excluding hydrogens is 366 g/mol. The smallest absolute Gasteiger partial charge is 0.277 e. The molecular formula is C23H29N3O3. The van der Waals surface area contributed by atoms with Gasteiger partial charge in [0.1, 0.15) is 11.5 Å². The first-order chi connectivity index (χ1) is 14.2. The van der Waals surface area contributed by atoms with Gasteiger partial charge in [0.15, 0.2) is 6.61 Å². The first-order valence-electron chi connectivity index (χ1n) is 10.1. The summed E-state index contributed by atoms with van der Waals surface area (Å²) in [5.41, 5.74) is 5.54. The van der Waals surface area contributed by atoms with Gasteiger partial charge in [-0.15, -0.1) is 0 Å². The van der Waals surface area contributed by atoms with E-state index in [1.165, 1.54) is 31.4 Å². The van der Waals surface area contributed by atoms with Gasteiger partial charge in [-0.3, -0.25) is 4.79 Å². The third kappa shape index (κ3) is 6.24. The number of nitrogens with one attached hydrogen (secondary N) is 1. The van der Waals surface area contributed by atoms with E-state index in [2.05, 4.69) is 39.7 Å². The maximum Gasteiger partial charge on any atom is 0.277 e. The standard InChI is InChI=1S/C23H29N3O3/c1-18(19-7-9-20(10-8-19)26-15-5-3-4-6-16-26)24-25-23(27)17-29-22-13-11-21(28-2)12-14-22/h7-14H,3-6,15-17H2,1-2H3,(H,25,27)/b24-18-. The molecule has 154 valence electrons. The summed E-state index contributed by atoms with van der Waals surface area (Å²) >= 11 is 0. The van der Waals surface area contributed by atoms with Crippen molar-refractivity contribution in [3.05, 3.63) is 54.1 Å². The third-order valence-electron chi connectivity index (χ3n) is 5.03. The number of methoxy groups -OCH3 is 1. The predicted molar refractivity (Wildman–Crippen MR) is 116 cm³/mol. The number of carbonyl (C=O) groups is 1. The van der Waals surface area contributed by atoms with E-state index in [1.807, 2.05) is 6.92 Å². The summed E-state index contributed by atoms with van der Waals surface area (Å²) < 4.78 is 10.5. The normalized spacial score (nSPS) is 14.8. The fraction of sp³-hybridized carbons (Fsp3) is 0.391. The molecule has 1 N–H and O–H groups in total. The summed E-state index contributed by atoms with van der Waals surface area (Å²) in [5.74, 6) is 1.04. The zero-order valence-electron chi connectivity index (χ0n) is 17.2. The van der Waals surface area contributed by atoms with Crippen LogP contribution in [-0.4, -0.2) is 38.4 Å². The van der Waals surface area contributed by atoms with E-state index >= 15 is 0 Å². The molecule has 29 heavy (non-hydrogen) atoms. The molecule has 2 aromatic rings. The quantitative estimate of drug-likeness (QED) is 0.569.